The Morgan fingerprint density at radius 3 is 2.50 bits per heavy atom. The van der Waals surface area contributed by atoms with E-state index in [-0.39, 0.29) is 0 Å². The van der Waals surface area contributed by atoms with Crippen LogP contribution in [0.4, 0.5) is 0 Å². The first-order chi connectivity index (χ1) is 5.54. The van der Waals surface area contributed by atoms with Crippen LogP contribution >= 0.6 is 8.69 Å². The van der Waals surface area contributed by atoms with E-state index in [4.69, 9.17) is 0 Å². The molecule has 0 amide bonds. The highest BCUT2D eigenvalue weighted by molar-refractivity contribution is 7.18. The van der Waals surface area contributed by atoms with E-state index in [1.807, 2.05) is 0 Å². The summed E-state index contributed by atoms with van der Waals surface area (Å²) in [5.74, 6) is -0.396. The monoisotopic (exact) mass is 190 g/mol. The highest BCUT2D eigenvalue weighted by atomic mass is 31.1. The highest BCUT2D eigenvalue weighted by Crippen LogP contribution is 2.26. The van der Waals surface area contributed by atoms with Gasteiger partial charge in [-0.3, -0.25) is 4.79 Å². The van der Waals surface area contributed by atoms with Gasteiger partial charge in [-0.25, -0.2) is 4.57 Å². The molecule has 0 aliphatic heterocycles. The summed E-state index contributed by atoms with van der Waals surface area (Å²) in [6.45, 7) is 5.67. The van der Waals surface area contributed by atoms with Crippen LogP contribution in [0.15, 0.2) is 0 Å². The second kappa shape index (κ2) is 5.26. The molecule has 0 heterocycles. The topological polar surface area (TPSA) is 43.4 Å². The lowest BCUT2D eigenvalue weighted by atomic mass is 9.88. The summed E-state index contributed by atoms with van der Waals surface area (Å²) < 4.78 is 14.4. The van der Waals surface area contributed by atoms with Crippen LogP contribution in [-0.4, -0.2) is 5.97 Å². The van der Waals surface area contributed by atoms with Gasteiger partial charge in [0.05, 0.1) is 5.41 Å². The first-order valence-corrected chi connectivity index (χ1v) is 4.81. The Balaban J connectivity index is 3.99. The molecule has 0 fully saturated rings. The summed E-state index contributed by atoms with van der Waals surface area (Å²) in [5.41, 5.74) is -0.507. The molecular weight excluding hydrogens is 175 g/mol. The van der Waals surface area contributed by atoms with Crippen molar-refractivity contribution in [1.82, 2.24) is 0 Å². The number of rotatable bonds is 5. The maximum atomic E-state index is 11.1. The number of carbonyl (C=O) groups is 1. The fraction of sp³-hybridized carbons (Fsp3) is 0.875. The Morgan fingerprint density at radius 1 is 1.50 bits per heavy atom. The van der Waals surface area contributed by atoms with Crippen LogP contribution in [0.3, 0.4) is 0 Å². The Kier molecular flexibility index (Phi) is 5.07. The Morgan fingerprint density at radius 2 is 2.08 bits per heavy atom. The van der Waals surface area contributed by atoms with E-state index in [1.165, 1.54) is 0 Å². The van der Waals surface area contributed by atoms with Gasteiger partial charge in [-0.2, -0.15) is 0 Å². The SMILES string of the molecule is CCCCC(C)(C)C(=O)OP=O. The van der Waals surface area contributed by atoms with E-state index in [2.05, 4.69) is 11.4 Å². The van der Waals surface area contributed by atoms with E-state index in [0.29, 0.717) is 0 Å². The summed E-state index contributed by atoms with van der Waals surface area (Å²) >= 11 is 0. The van der Waals surface area contributed by atoms with Crippen LogP contribution in [0, 0.1) is 5.41 Å². The molecule has 0 bridgehead atoms. The van der Waals surface area contributed by atoms with E-state index in [1.54, 1.807) is 13.8 Å². The Hall–Kier alpha value is -0.430. The molecule has 0 saturated carbocycles. The molecule has 12 heavy (non-hydrogen) atoms. The van der Waals surface area contributed by atoms with Gasteiger partial charge >= 0.3 is 14.7 Å². The molecule has 0 atom stereocenters. The Labute approximate surface area is 74.8 Å². The number of hydrogen-bond acceptors (Lipinski definition) is 3. The molecule has 0 saturated heterocycles. The molecule has 0 aromatic heterocycles. The first-order valence-electron chi connectivity index (χ1n) is 4.08. The maximum Gasteiger partial charge on any atom is 0.398 e. The second-order valence-corrected chi connectivity index (χ2v) is 3.77. The average Bonchev–Trinajstić information content (AvgIpc) is 2.01. The normalized spacial score (nSPS) is 11.6. The van der Waals surface area contributed by atoms with Crippen LogP contribution in [0.5, 0.6) is 0 Å². The van der Waals surface area contributed by atoms with Gasteiger partial charge in [0, 0.05) is 0 Å². The van der Waals surface area contributed by atoms with Crippen molar-refractivity contribution in [1.29, 1.82) is 0 Å². The van der Waals surface area contributed by atoms with E-state index >= 15 is 0 Å². The van der Waals surface area contributed by atoms with Gasteiger partial charge in [0.25, 0.3) is 0 Å². The fourth-order valence-corrected chi connectivity index (χ4v) is 1.19. The third-order valence-corrected chi connectivity index (χ3v) is 2.07. The summed E-state index contributed by atoms with van der Waals surface area (Å²) in [6.07, 6.45) is 2.81. The van der Waals surface area contributed by atoms with Gasteiger partial charge < -0.3 is 4.52 Å². The van der Waals surface area contributed by atoms with Gasteiger partial charge in [0.2, 0.25) is 0 Å². The lowest BCUT2D eigenvalue weighted by molar-refractivity contribution is -0.143. The van der Waals surface area contributed by atoms with Crippen molar-refractivity contribution in [3.8, 4) is 0 Å². The average molecular weight is 190 g/mol. The standard InChI is InChI=1S/C8H15O3P/c1-4-5-6-8(2,3)7(9)11-12-10/h4-6H2,1-3H3. The second-order valence-electron chi connectivity index (χ2n) is 3.44. The van der Waals surface area contributed by atoms with Gasteiger partial charge in [-0.1, -0.05) is 19.8 Å². The van der Waals surface area contributed by atoms with E-state index in [9.17, 15) is 9.36 Å². The van der Waals surface area contributed by atoms with Crippen LogP contribution in [0.1, 0.15) is 40.0 Å². The van der Waals surface area contributed by atoms with Crippen molar-refractivity contribution in [2.75, 3.05) is 0 Å². The van der Waals surface area contributed by atoms with Crippen molar-refractivity contribution in [3.63, 3.8) is 0 Å². The molecule has 3 nitrogen and oxygen atoms in total. The zero-order chi connectivity index (χ0) is 9.61. The summed E-state index contributed by atoms with van der Waals surface area (Å²) in [4.78, 5) is 11.1. The molecule has 0 rings (SSSR count). The zero-order valence-electron chi connectivity index (χ0n) is 7.79. The molecule has 0 radical (unpaired) electrons. The predicted octanol–water partition coefficient (Wildman–Crippen LogP) is 2.95. The van der Waals surface area contributed by atoms with E-state index < -0.39 is 20.1 Å². The van der Waals surface area contributed by atoms with Gasteiger partial charge in [0.1, 0.15) is 0 Å². The lowest BCUT2D eigenvalue weighted by Gasteiger charge is -2.19. The maximum absolute atomic E-state index is 11.1. The van der Waals surface area contributed by atoms with Crippen LogP contribution in [-0.2, 0) is 13.9 Å². The molecule has 0 spiro atoms. The van der Waals surface area contributed by atoms with Crippen molar-refractivity contribution in [2.45, 2.75) is 40.0 Å². The third kappa shape index (κ3) is 3.82. The third-order valence-electron chi connectivity index (χ3n) is 1.83. The summed E-state index contributed by atoms with van der Waals surface area (Å²) in [7, 11) is -0.556. The minimum atomic E-state index is -0.556. The predicted molar refractivity (Wildman–Crippen MR) is 47.0 cm³/mol. The van der Waals surface area contributed by atoms with Gasteiger partial charge in [0.15, 0.2) is 0 Å². The molecule has 0 aromatic rings. The minimum Gasteiger partial charge on any atom is -0.372 e. The molecule has 0 unspecified atom stereocenters. The highest BCUT2D eigenvalue weighted by Gasteiger charge is 2.28. The number of unbranched alkanes of at least 4 members (excludes halogenated alkanes) is 1. The molecule has 0 aromatic carbocycles. The largest absolute Gasteiger partial charge is 0.398 e. The molecule has 70 valence electrons. The molecule has 0 aliphatic carbocycles. The van der Waals surface area contributed by atoms with Crippen LogP contribution < -0.4 is 0 Å². The van der Waals surface area contributed by atoms with Crippen molar-refractivity contribution in [3.05, 3.63) is 0 Å². The smallest absolute Gasteiger partial charge is 0.372 e. The first kappa shape index (κ1) is 11.6. The molecule has 0 aliphatic rings. The lowest BCUT2D eigenvalue weighted by Crippen LogP contribution is -2.24. The van der Waals surface area contributed by atoms with Gasteiger partial charge in [-0.15, -0.1) is 0 Å². The van der Waals surface area contributed by atoms with Crippen LogP contribution in [0.2, 0.25) is 0 Å². The van der Waals surface area contributed by atoms with Gasteiger partial charge in [-0.05, 0) is 20.3 Å². The summed E-state index contributed by atoms with van der Waals surface area (Å²) in [5, 5.41) is 0. The molecule has 0 N–H and O–H groups in total. The fourth-order valence-electron chi connectivity index (χ4n) is 0.878. The Bertz CT molecular complexity index is 166. The summed E-state index contributed by atoms with van der Waals surface area (Å²) in [6, 6.07) is 0. The number of carbonyl (C=O) groups excluding carboxylic acids is 1. The van der Waals surface area contributed by atoms with E-state index in [0.717, 1.165) is 19.3 Å². The molecule has 4 heteroatoms. The zero-order valence-corrected chi connectivity index (χ0v) is 8.69. The van der Waals surface area contributed by atoms with Crippen molar-refractivity contribution in [2.24, 2.45) is 5.41 Å². The minimum absolute atomic E-state index is 0.396. The molecular formula is C8H15O3P. The quantitative estimate of drug-likeness (QED) is 0.626. The van der Waals surface area contributed by atoms with Crippen LogP contribution in [0.25, 0.3) is 0 Å². The number of hydrogen-bond donors (Lipinski definition) is 0. The van der Waals surface area contributed by atoms with Crippen molar-refractivity contribution >= 4 is 14.7 Å². The van der Waals surface area contributed by atoms with Crippen molar-refractivity contribution < 1.29 is 13.9 Å².